The first-order valence-corrected chi connectivity index (χ1v) is 6.23. The Morgan fingerprint density at radius 1 is 1.40 bits per heavy atom. The van der Waals surface area contributed by atoms with E-state index in [1.807, 2.05) is 0 Å². The molecular formula is C13H16N4O3. The minimum Gasteiger partial charge on any atom is -0.389 e. The molecule has 1 unspecified atom stereocenters. The van der Waals surface area contributed by atoms with Gasteiger partial charge in [0.05, 0.1) is 6.10 Å². The van der Waals surface area contributed by atoms with E-state index in [1.165, 1.54) is 6.39 Å². The van der Waals surface area contributed by atoms with Crippen LogP contribution in [0.3, 0.4) is 0 Å². The molecule has 0 spiro atoms. The van der Waals surface area contributed by atoms with Crippen molar-refractivity contribution < 1.29 is 14.4 Å². The van der Waals surface area contributed by atoms with Gasteiger partial charge in [0.25, 0.3) is 0 Å². The highest BCUT2D eigenvalue weighted by atomic mass is 16.5. The number of aliphatic hydroxyl groups excluding tert-OH is 1. The Hall–Kier alpha value is -2.41. The summed E-state index contributed by atoms with van der Waals surface area (Å²) >= 11 is 0. The molecule has 0 fully saturated rings. The largest absolute Gasteiger partial charge is 0.389 e. The third-order valence-corrected chi connectivity index (χ3v) is 2.69. The summed E-state index contributed by atoms with van der Waals surface area (Å²) in [5, 5.41) is 18.4. The van der Waals surface area contributed by atoms with Gasteiger partial charge in [-0.25, -0.2) is 4.79 Å². The Bertz CT molecular complexity index is 537. The first kappa shape index (κ1) is 14.0. The van der Waals surface area contributed by atoms with Gasteiger partial charge in [-0.1, -0.05) is 17.3 Å². The second kappa shape index (κ2) is 6.67. The molecule has 0 aliphatic rings. The molecule has 0 aliphatic carbocycles. The second-order valence-electron chi connectivity index (χ2n) is 4.28. The molecule has 1 heterocycles. The fraction of sp³-hybridized carbons (Fsp3) is 0.308. The summed E-state index contributed by atoms with van der Waals surface area (Å²) < 4.78 is 4.59. The number of urea groups is 1. The van der Waals surface area contributed by atoms with Gasteiger partial charge in [0.1, 0.15) is 0 Å². The zero-order chi connectivity index (χ0) is 14.4. The van der Waals surface area contributed by atoms with Crippen LogP contribution in [-0.2, 0) is 6.42 Å². The van der Waals surface area contributed by atoms with Gasteiger partial charge in [0.2, 0.25) is 6.39 Å². The van der Waals surface area contributed by atoms with E-state index in [0.717, 1.165) is 5.56 Å². The number of hydrogen-bond acceptors (Lipinski definition) is 5. The third-order valence-electron chi connectivity index (χ3n) is 2.69. The molecule has 0 radical (unpaired) electrons. The van der Waals surface area contributed by atoms with Gasteiger partial charge in [0, 0.05) is 18.7 Å². The van der Waals surface area contributed by atoms with E-state index in [4.69, 9.17) is 0 Å². The number of benzene rings is 1. The van der Waals surface area contributed by atoms with Gasteiger partial charge < -0.3 is 20.3 Å². The zero-order valence-corrected chi connectivity index (χ0v) is 11.0. The van der Waals surface area contributed by atoms with Gasteiger partial charge in [-0.2, -0.15) is 4.98 Å². The van der Waals surface area contributed by atoms with Gasteiger partial charge in [-0.15, -0.1) is 0 Å². The maximum atomic E-state index is 11.6. The monoisotopic (exact) mass is 276 g/mol. The van der Waals surface area contributed by atoms with Crippen molar-refractivity contribution in [1.82, 2.24) is 15.5 Å². The molecule has 1 atom stereocenters. The topological polar surface area (TPSA) is 100 Å². The fourth-order valence-electron chi connectivity index (χ4n) is 1.61. The Kier molecular flexibility index (Phi) is 4.67. The summed E-state index contributed by atoms with van der Waals surface area (Å²) in [6, 6.07) is 6.69. The minimum atomic E-state index is -0.521. The van der Waals surface area contributed by atoms with Crippen molar-refractivity contribution in [1.29, 1.82) is 0 Å². The molecular weight excluding hydrogens is 260 g/mol. The molecule has 2 amide bonds. The van der Waals surface area contributed by atoms with Crippen LogP contribution in [0.2, 0.25) is 0 Å². The third kappa shape index (κ3) is 4.06. The van der Waals surface area contributed by atoms with Crippen molar-refractivity contribution in [2.45, 2.75) is 19.4 Å². The molecule has 2 aromatic rings. The predicted octanol–water partition coefficient (Wildman–Crippen LogP) is 1.49. The van der Waals surface area contributed by atoms with Gasteiger partial charge in [-0.05, 0) is 24.6 Å². The van der Waals surface area contributed by atoms with Gasteiger partial charge in [-0.3, -0.25) is 0 Å². The number of anilines is 1. The number of amides is 2. The van der Waals surface area contributed by atoms with Crippen LogP contribution < -0.4 is 10.6 Å². The van der Waals surface area contributed by atoms with Crippen molar-refractivity contribution in [2.75, 3.05) is 11.9 Å². The summed E-state index contributed by atoms with van der Waals surface area (Å²) in [5.74, 6) is 0.548. The molecule has 0 bridgehead atoms. The highest BCUT2D eigenvalue weighted by Crippen LogP contribution is 2.15. The van der Waals surface area contributed by atoms with Crippen LogP contribution in [0, 0.1) is 0 Å². The van der Waals surface area contributed by atoms with Crippen molar-refractivity contribution >= 4 is 11.7 Å². The fourth-order valence-corrected chi connectivity index (χ4v) is 1.61. The highest BCUT2D eigenvalue weighted by Gasteiger charge is 2.04. The normalized spacial score (nSPS) is 11.9. The van der Waals surface area contributed by atoms with Gasteiger partial charge in [0.15, 0.2) is 5.82 Å². The Morgan fingerprint density at radius 3 is 2.75 bits per heavy atom. The Balaban J connectivity index is 1.76. The molecule has 2 rings (SSSR count). The summed E-state index contributed by atoms with van der Waals surface area (Å²) in [6.07, 6.45) is 1.23. The Labute approximate surface area is 116 Å². The molecule has 0 saturated carbocycles. The lowest BCUT2D eigenvalue weighted by atomic mass is 10.1. The molecule has 7 heteroatoms. The molecule has 0 aliphatic heterocycles. The van der Waals surface area contributed by atoms with Crippen LogP contribution in [0.5, 0.6) is 0 Å². The standard InChI is InChI=1S/C13H16N4O3/c1-9(18)10-2-4-11(5-3-10)16-13(19)14-7-6-12-15-8-20-17-12/h2-5,8-9,18H,6-7H2,1H3,(H2,14,16,19). The Morgan fingerprint density at radius 2 is 2.15 bits per heavy atom. The van der Waals surface area contributed by atoms with Crippen molar-refractivity contribution in [2.24, 2.45) is 0 Å². The molecule has 1 aromatic carbocycles. The maximum absolute atomic E-state index is 11.6. The number of hydrogen-bond donors (Lipinski definition) is 3. The first-order chi connectivity index (χ1) is 9.65. The minimum absolute atomic E-state index is 0.307. The quantitative estimate of drug-likeness (QED) is 0.768. The van der Waals surface area contributed by atoms with Crippen molar-refractivity contribution in [3.63, 3.8) is 0 Å². The summed E-state index contributed by atoms with van der Waals surface area (Å²) in [4.78, 5) is 15.5. The van der Waals surface area contributed by atoms with Crippen molar-refractivity contribution in [3.05, 3.63) is 42.0 Å². The predicted molar refractivity (Wildman–Crippen MR) is 72.1 cm³/mol. The van der Waals surface area contributed by atoms with Crippen LogP contribution in [0.15, 0.2) is 35.2 Å². The lowest BCUT2D eigenvalue weighted by Crippen LogP contribution is -2.30. The molecule has 0 saturated heterocycles. The lowest BCUT2D eigenvalue weighted by Gasteiger charge is -2.08. The van der Waals surface area contributed by atoms with E-state index < -0.39 is 6.10 Å². The number of nitrogens with zero attached hydrogens (tertiary/aromatic N) is 2. The average molecular weight is 276 g/mol. The summed E-state index contributed by atoms with van der Waals surface area (Å²) in [7, 11) is 0. The summed E-state index contributed by atoms with van der Waals surface area (Å²) in [6.45, 7) is 2.10. The van der Waals surface area contributed by atoms with E-state index in [1.54, 1.807) is 31.2 Å². The molecule has 106 valence electrons. The SMILES string of the molecule is CC(O)c1ccc(NC(=O)NCCc2ncon2)cc1. The number of carbonyl (C=O) groups excluding carboxylic acids is 1. The summed E-state index contributed by atoms with van der Waals surface area (Å²) in [5.41, 5.74) is 1.46. The van der Waals surface area contributed by atoms with E-state index in [-0.39, 0.29) is 6.03 Å². The van der Waals surface area contributed by atoms with Crippen LogP contribution in [-0.4, -0.2) is 27.8 Å². The van der Waals surface area contributed by atoms with E-state index in [0.29, 0.717) is 24.5 Å². The maximum Gasteiger partial charge on any atom is 0.319 e. The van der Waals surface area contributed by atoms with E-state index >= 15 is 0 Å². The van der Waals surface area contributed by atoms with Crippen LogP contribution in [0.4, 0.5) is 10.5 Å². The lowest BCUT2D eigenvalue weighted by molar-refractivity contribution is 0.199. The van der Waals surface area contributed by atoms with Gasteiger partial charge >= 0.3 is 6.03 Å². The number of rotatable bonds is 5. The van der Waals surface area contributed by atoms with E-state index in [9.17, 15) is 9.90 Å². The van der Waals surface area contributed by atoms with Crippen LogP contribution in [0.25, 0.3) is 0 Å². The van der Waals surface area contributed by atoms with Crippen LogP contribution >= 0.6 is 0 Å². The second-order valence-corrected chi connectivity index (χ2v) is 4.28. The van der Waals surface area contributed by atoms with E-state index in [2.05, 4.69) is 25.3 Å². The molecule has 1 aromatic heterocycles. The molecule has 20 heavy (non-hydrogen) atoms. The highest BCUT2D eigenvalue weighted by molar-refractivity contribution is 5.89. The smallest absolute Gasteiger partial charge is 0.319 e. The number of nitrogens with one attached hydrogen (secondary N) is 2. The molecule has 3 N–H and O–H groups in total. The van der Waals surface area contributed by atoms with Crippen molar-refractivity contribution in [3.8, 4) is 0 Å². The number of aromatic nitrogens is 2. The average Bonchev–Trinajstić information content (AvgIpc) is 2.92. The van der Waals surface area contributed by atoms with Crippen LogP contribution in [0.1, 0.15) is 24.4 Å². The first-order valence-electron chi connectivity index (χ1n) is 6.23. The molecule has 7 nitrogen and oxygen atoms in total. The number of aliphatic hydroxyl groups is 1. The zero-order valence-electron chi connectivity index (χ0n) is 11.0. The number of carbonyl (C=O) groups is 1.